The van der Waals surface area contributed by atoms with E-state index in [0.29, 0.717) is 25.0 Å². The molecule has 0 radical (unpaired) electrons. The number of nitrogens with one attached hydrogen (secondary N) is 4. The van der Waals surface area contributed by atoms with Crippen LogP contribution in [0.4, 0.5) is 0 Å². The van der Waals surface area contributed by atoms with E-state index in [4.69, 9.17) is 16.6 Å². The molecule has 266 valence electrons. The van der Waals surface area contributed by atoms with E-state index in [1.807, 2.05) is 0 Å². The molecule has 20 heteroatoms. The van der Waals surface area contributed by atoms with Gasteiger partial charge in [0.05, 0.1) is 19.4 Å². The molecule has 0 spiro atoms. The van der Waals surface area contributed by atoms with Crippen LogP contribution in [0.1, 0.15) is 51.4 Å². The Bertz CT molecular complexity index is 1140. The number of nitrogens with two attached hydrogens (primary N) is 2. The van der Waals surface area contributed by atoms with Crippen LogP contribution in [-0.2, 0) is 38.4 Å². The van der Waals surface area contributed by atoms with Crippen molar-refractivity contribution in [2.24, 2.45) is 11.5 Å². The Morgan fingerprint density at radius 1 is 0.809 bits per heavy atom. The van der Waals surface area contributed by atoms with Gasteiger partial charge >= 0.3 is 17.9 Å². The van der Waals surface area contributed by atoms with Gasteiger partial charge in [-0.15, -0.1) is 0 Å². The molecular formula is C27H45N7O12S. The molecule has 1 aliphatic rings. The van der Waals surface area contributed by atoms with Crippen LogP contribution in [0.15, 0.2) is 0 Å². The normalized spacial score (nSPS) is 17.4. The first-order chi connectivity index (χ1) is 22.2. The van der Waals surface area contributed by atoms with E-state index >= 15 is 0 Å². The molecule has 47 heavy (non-hydrogen) atoms. The lowest BCUT2D eigenvalue weighted by molar-refractivity contribution is -0.145. The quantitative estimate of drug-likeness (QED) is 0.0486. The Balaban J connectivity index is 3.19. The topological polar surface area (TPSA) is 321 Å². The van der Waals surface area contributed by atoms with Crippen molar-refractivity contribution in [2.45, 2.75) is 87.6 Å². The number of carboxylic acid groups (broad SMARTS) is 3. The maximum atomic E-state index is 13.7. The molecule has 0 saturated carbocycles. The maximum absolute atomic E-state index is 13.7. The van der Waals surface area contributed by atoms with Gasteiger partial charge in [-0.1, -0.05) is 0 Å². The molecule has 1 fully saturated rings. The molecule has 0 unspecified atom stereocenters. The highest BCUT2D eigenvalue weighted by molar-refractivity contribution is 7.98. The smallest absolute Gasteiger partial charge is 0.326 e. The third-order valence-electron chi connectivity index (χ3n) is 7.18. The molecule has 0 aromatic rings. The van der Waals surface area contributed by atoms with Crippen LogP contribution in [0.5, 0.6) is 0 Å². The number of unbranched alkanes of at least 4 members (excludes halogenated alkanes) is 1. The zero-order valence-electron chi connectivity index (χ0n) is 26.0. The third-order valence-corrected chi connectivity index (χ3v) is 7.83. The SMILES string of the molecule is CSCC[C@H](NC(=O)[C@H](CC(=O)O)NC(=O)[C@@H]1CCCN1C(=O)[C@H](CCCCN)NC(=O)[C@H](CC(=O)O)NC(=O)[C@@H](N)CO)C(=O)O. The lowest BCUT2D eigenvalue weighted by Crippen LogP contribution is -2.59. The number of rotatable bonds is 22. The van der Waals surface area contributed by atoms with Crippen molar-refractivity contribution in [3.8, 4) is 0 Å². The standard InChI is InChI=1S/C27H45N7O12S/c1-47-10-7-16(27(45)46)31-24(42)18(12-21(38)39)33-25(43)19-6-4-9-34(19)26(44)15(5-2-3-8-28)30-23(41)17(11-20(36)37)32-22(40)14(29)13-35/h14-19,35H,2-13,28-29H2,1H3,(H,30,41)(H,31,42)(H,32,40)(H,33,43)(H,36,37)(H,38,39)(H,45,46)/t14-,15-,16-,17-,18-,19-/m0/s1. The van der Waals surface area contributed by atoms with Crippen LogP contribution in [0.2, 0.25) is 0 Å². The molecular weight excluding hydrogens is 646 g/mol. The number of hydrogen-bond donors (Lipinski definition) is 10. The van der Waals surface area contributed by atoms with Gasteiger partial charge in [-0.2, -0.15) is 11.8 Å². The fraction of sp³-hybridized carbons (Fsp3) is 0.704. The van der Waals surface area contributed by atoms with Crippen LogP contribution in [0.25, 0.3) is 0 Å². The fourth-order valence-corrected chi connectivity index (χ4v) is 5.16. The number of carboxylic acids is 3. The predicted octanol–water partition coefficient (Wildman–Crippen LogP) is -3.85. The zero-order chi connectivity index (χ0) is 35.7. The molecule has 1 aliphatic heterocycles. The summed E-state index contributed by atoms with van der Waals surface area (Å²) in [5, 5.41) is 46.3. The van der Waals surface area contributed by atoms with Gasteiger partial charge in [-0.05, 0) is 57.1 Å². The second kappa shape index (κ2) is 21.0. The Labute approximate surface area is 274 Å². The van der Waals surface area contributed by atoms with E-state index in [2.05, 4.69) is 21.3 Å². The molecule has 0 aromatic carbocycles. The van der Waals surface area contributed by atoms with Crippen LogP contribution in [0, 0.1) is 0 Å². The molecule has 1 heterocycles. The Hall–Kier alpha value is -4.01. The number of aliphatic hydroxyl groups is 1. The van der Waals surface area contributed by atoms with E-state index < -0.39 is 103 Å². The molecule has 0 aromatic heterocycles. The molecule has 19 nitrogen and oxygen atoms in total. The first kappa shape index (κ1) is 41.0. The second-order valence-corrected chi connectivity index (χ2v) is 11.8. The minimum Gasteiger partial charge on any atom is -0.481 e. The summed E-state index contributed by atoms with van der Waals surface area (Å²) < 4.78 is 0. The number of hydrogen-bond acceptors (Lipinski definition) is 12. The molecule has 0 aliphatic carbocycles. The number of aliphatic carboxylic acids is 3. The minimum absolute atomic E-state index is 0.0210. The third kappa shape index (κ3) is 14.1. The van der Waals surface area contributed by atoms with Gasteiger partial charge in [0.25, 0.3) is 0 Å². The summed E-state index contributed by atoms with van der Waals surface area (Å²) in [5.74, 6) is -8.56. The van der Waals surface area contributed by atoms with E-state index in [1.165, 1.54) is 11.8 Å². The van der Waals surface area contributed by atoms with E-state index in [9.17, 15) is 53.7 Å². The summed E-state index contributed by atoms with van der Waals surface area (Å²) in [4.78, 5) is 101. The molecule has 5 amide bonds. The predicted molar refractivity (Wildman–Crippen MR) is 166 cm³/mol. The number of thioether (sulfide) groups is 1. The highest BCUT2D eigenvalue weighted by Gasteiger charge is 2.40. The van der Waals surface area contributed by atoms with Gasteiger partial charge in [0.15, 0.2) is 0 Å². The van der Waals surface area contributed by atoms with Crippen molar-refractivity contribution >= 4 is 59.2 Å². The summed E-state index contributed by atoms with van der Waals surface area (Å²) in [6, 6.07) is -8.60. The summed E-state index contributed by atoms with van der Waals surface area (Å²) in [6.45, 7) is -0.473. The number of likely N-dealkylation sites (tertiary alicyclic amines) is 1. The zero-order valence-corrected chi connectivity index (χ0v) is 26.8. The summed E-state index contributed by atoms with van der Waals surface area (Å²) >= 11 is 1.34. The van der Waals surface area contributed by atoms with Gasteiger partial charge in [0.1, 0.15) is 36.3 Å². The van der Waals surface area contributed by atoms with Gasteiger partial charge in [0, 0.05) is 6.54 Å². The van der Waals surface area contributed by atoms with E-state index in [1.54, 1.807) is 6.26 Å². The monoisotopic (exact) mass is 691 g/mol. The summed E-state index contributed by atoms with van der Waals surface area (Å²) in [7, 11) is 0. The van der Waals surface area contributed by atoms with E-state index in [-0.39, 0.29) is 32.4 Å². The van der Waals surface area contributed by atoms with E-state index in [0.717, 1.165) is 4.90 Å². The number of carbonyl (C=O) groups is 8. The lowest BCUT2D eigenvalue weighted by Gasteiger charge is -2.30. The number of amides is 5. The highest BCUT2D eigenvalue weighted by Crippen LogP contribution is 2.20. The van der Waals surface area contributed by atoms with Gasteiger partial charge in [0.2, 0.25) is 29.5 Å². The first-order valence-electron chi connectivity index (χ1n) is 14.9. The van der Waals surface area contributed by atoms with Crippen LogP contribution < -0.4 is 32.7 Å². The Morgan fingerprint density at radius 3 is 1.87 bits per heavy atom. The maximum Gasteiger partial charge on any atom is 0.326 e. The van der Waals surface area contributed by atoms with Crippen molar-refractivity contribution in [1.29, 1.82) is 0 Å². The Morgan fingerprint density at radius 2 is 1.36 bits per heavy atom. The number of carbonyl (C=O) groups excluding carboxylic acids is 5. The van der Waals surface area contributed by atoms with Gasteiger partial charge in [-0.3, -0.25) is 33.6 Å². The average Bonchev–Trinajstić information content (AvgIpc) is 3.50. The van der Waals surface area contributed by atoms with Crippen molar-refractivity contribution in [3.63, 3.8) is 0 Å². The first-order valence-corrected chi connectivity index (χ1v) is 16.3. The van der Waals surface area contributed by atoms with Crippen molar-refractivity contribution in [2.75, 3.05) is 31.7 Å². The van der Waals surface area contributed by atoms with Crippen molar-refractivity contribution < 1.29 is 58.8 Å². The Kier molecular flexibility index (Phi) is 18.3. The fourth-order valence-electron chi connectivity index (χ4n) is 4.69. The largest absolute Gasteiger partial charge is 0.481 e. The molecule has 1 rings (SSSR count). The van der Waals surface area contributed by atoms with Crippen molar-refractivity contribution in [1.82, 2.24) is 26.2 Å². The number of nitrogens with zero attached hydrogens (tertiary/aromatic N) is 1. The van der Waals surface area contributed by atoms with Crippen LogP contribution >= 0.6 is 11.8 Å². The highest BCUT2D eigenvalue weighted by atomic mass is 32.2. The summed E-state index contributed by atoms with van der Waals surface area (Å²) in [5.41, 5.74) is 11.0. The van der Waals surface area contributed by atoms with Crippen LogP contribution in [0.3, 0.4) is 0 Å². The average molecular weight is 692 g/mol. The minimum atomic E-state index is -1.67. The molecule has 6 atom stereocenters. The summed E-state index contributed by atoms with van der Waals surface area (Å²) in [6.07, 6.45) is 1.29. The second-order valence-electron chi connectivity index (χ2n) is 10.8. The molecule has 1 saturated heterocycles. The van der Waals surface area contributed by atoms with Crippen molar-refractivity contribution in [3.05, 3.63) is 0 Å². The molecule has 0 bridgehead atoms. The van der Waals surface area contributed by atoms with Gasteiger partial charge in [-0.25, -0.2) is 4.79 Å². The van der Waals surface area contributed by atoms with Gasteiger partial charge < -0.3 is 58.1 Å². The van der Waals surface area contributed by atoms with Crippen LogP contribution in [-0.4, -0.2) is 141 Å². The number of aliphatic hydroxyl groups excluding tert-OH is 1. The lowest BCUT2D eigenvalue weighted by atomic mass is 10.0. The molecule has 12 N–H and O–H groups in total.